The Balaban J connectivity index is 0.000000555. The maximum atomic E-state index is 11.3. The summed E-state index contributed by atoms with van der Waals surface area (Å²) in [5.74, 6) is -0.801. The first-order valence-electron chi connectivity index (χ1n) is 5.88. The molecular weight excluding hydrogens is 266 g/mol. The lowest BCUT2D eigenvalue weighted by atomic mass is 9.92. The van der Waals surface area contributed by atoms with Crippen molar-refractivity contribution in [3.8, 4) is 0 Å². The molecule has 19 heavy (non-hydrogen) atoms. The third kappa shape index (κ3) is 5.94. The minimum absolute atomic E-state index is 0.545. The van der Waals surface area contributed by atoms with Gasteiger partial charge in [0, 0.05) is 19.2 Å². The number of carboxylic acid groups (broad SMARTS) is 2. The number of hydrogen-bond acceptors (Lipinski definition) is 4. The number of aliphatic carboxylic acids is 2. The van der Waals surface area contributed by atoms with E-state index in [1.165, 1.54) is 0 Å². The zero-order valence-electron chi connectivity index (χ0n) is 11.2. The highest BCUT2D eigenvalue weighted by Crippen LogP contribution is 2.31. The largest absolute Gasteiger partial charge is 0.480 e. The van der Waals surface area contributed by atoms with Gasteiger partial charge >= 0.3 is 11.9 Å². The van der Waals surface area contributed by atoms with E-state index in [0.717, 1.165) is 24.9 Å². The van der Waals surface area contributed by atoms with Gasteiger partial charge in [-0.2, -0.15) is 11.8 Å². The van der Waals surface area contributed by atoms with Crippen LogP contribution in [0.4, 0.5) is 0 Å². The van der Waals surface area contributed by atoms with Crippen molar-refractivity contribution in [3.05, 3.63) is 25.3 Å². The molecule has 1 rings (SSSR count). The van der Waals surface area contributed by atoms with Gasteiger partial charge in [-0.3, -0.25) is 9.69 Å². The number of rotatable bonds is 8. The first-order chi connectivity index (χ1) is 8.94. The number of hydrogen-bond donors (Lipinski definition) is 2. The molecule has 0 unspecified atom stereocenters. The predicted molar refractivity (Wildman–Crippen MR) is 77.6 cm³/mol. The van der Waals surface area contributed by atoms with Crippen molar-refractivity contribution in [3.63, 3.8) is 0 Å². The molecule has 1 aliphatic rings. The normalized spacial score (nSPS) is 16.5. The second-order valence-electron chi connectivity index (χ2n) is 4.10. The fraction of sp³-hybridized carbons (Fsp3) is 0.538. The molecule has 1 atom stereocenters. The molecule has 0 bridgehead atoms. The summed E-state index contributed by atoms with van der Waals surface area (Å²) in [5, 5.41) is 16.9. The van der Waals surface area contributed by atoms with Gasteiger partial charge in [0.25, 0.3) is 0 Å². The molecule has 0 aromatic carbocycles. The van der Waals surface area contributed by atoms with Gasteiger partial charge in [-0.15, -0.1) is 6.58 Å². The summed E-state index contributed by atoms with van der Waals surface area (Å²) < 4.78 is 0. The van der Waals surface area contributed by atoms with E-state index in [1.807, 2.05) is 11.2 Å². The van der Waals surface area contributed by atoms with Gasteiger partial charge in [0.05, 0.1) is 0 Å². The fourth-order valence-electron chi connectivity index (χ4n) is 1.71. The van der Waals surface area contributed by atoms with Crippen LogP contribution in [0.15, 0.2) is 25.3 Å². The second-order valence-corrected chi connectivity index (χ2v) is 5.09. The van der Waals surface area contributed by atoms with Gasteiger partial charge in [0.15, 0.2) is 0 Å². The second kappa shape index (κ2) is 8.77. The molecule has 0 aromatic heterocycles. The Kier molecular flexibility index (Phi) is 8.18. The van der Waals surface area contributed by atoms with Crippen molar-refractivity contribution in [2.75, 3.05) is 25.1 Å². The van der Waals surface area contributed by atoms with Gasteiger partial charge in [0.1, 0.15) is 5.54 Å². The molecule has 6 heteroatoms. The van der Waals surface area contributed by atoms with E-state index >= 15 is 0 Å². The lowest BCUT2D eigenvalue weighted by Crippen LogP contribution is -2.46. The van der Waals surface area contributed by atoms with Crippen molar-refractivity contribution >= 4 is 23.7 Å². The summed E-state index contributed by atoms with van der Waals surface area (Å²) in [7, 11) is 0. The summed E-state index contributed by atoms with van der Waals surface area (Å²) in [4.78, 5) is 22.6. The van der Waals surface area contributed by atoms with E-state index < -0.39 is 17.5 Å². The van der Waals surface area contributed by atoms with E-state index in [2.05, 4.69) is 13.2 Å². The minimum atomic E-state index is -0.981. The topological polar surface area (TPSA) is 77.6 Å². The monoisotopic (exact) mass is 287 g/mol. The molecule has 0 aliphatic carbocycles. The van der Waals surface area contributed by atoms with Crippen LogP contribution in [-0.2, 0) is 9.59 Å². The van der Waals surface area contributed by atoms with Crippen LogP contribution >= 0.6 is 11.8 Å². The van der Waals surface area contributed by atoms with E-state index in [1.54, 1.807) is 17.8 Å². The predicted octanol–water partition coefficient (Wildman–Crippen LogP) is 1.71. The van der Waals surface area contributed by atoms with Gasteiger partial charge in [-0.05, 0) is 24.9 Å². The van der Waals surface area contributed by atoms with E-state index in [-0.39, 0.29) is 0 Å². The molecule has 0 radical (unpaired) electrons. The Hall–Kier alpha value is -1.27. The third-order valence-electron chi connectivity index (χ3n) is 2.83. The van der Waals surface area contributed by atoms with Crippen LogP contribution in [0.25, 0.3) is 0 Å². The van der Waals surface area contributed by atoms with Crippen molar-refractivity contribution in [2.24, 2.45) is 0 Å². The fourth-order valence-corrected chi connectivity index (χ4v) is 2.25. The molecule has 0 aromatic rings. The summed E-state index contributed by atoms with van der Waals surface area (Å²) in [6, 6.07) is 0. The van der Waals surface area contributed by atoms with E-state index in [9.17, 15) is 14.7 Å². The highest BCUT2D eigenvalue weighted by atomic mass is 32.2. The number of nitrogens with zero attached hydrogens (tertiary/aromatic N) is 1. The Morgan fingerprint density at radius 2 is 1.89 bits per heavy atom. The Labute approximate surface area is 118 Å². The molecule has 5 nitrogen and oxygen atoms in total. The van der Waals surface area contributed by atoms with Crippen LogP contribution in [-0.4, -0.2) is 57.7 Å². The van der Waals surface area contributed by atoms with Gasteiger partial charge < -0.3 is 10.2 Å². The number of carbonyl (C=O) groups is 2. The highest BCUT2D eigenvalue weighted by molar-refractivity contribution is 7.98. The molecule has 2 N–H and O–H groups in total. The number of thioether (sulfide) groups is 1. The molecule has 0 amide bonds. The Bertz CT molecular complexity index is 342. The standard InChI is InChI=1S/C10H17NO2S.C3H4O2/c1-3-4-10(9(12)13,5-8-14-2)11-6-7-11;1-2-3(4)5/h3H,1,4-8H2,2H3,(H,12,13);2H,1H2,(H,4,5)/t10-;/m0./s1. The van der Waals surface area contributed by atoms with E-state index in [4.69, 9.17) is 5.11 Å². The summed E-state index contributed by atoms with van der Waals surface area (Å²) >= 11 is 1.69. The zero-order chi connectivity index (χ0) is 14.9. The average Bonchev–Trinajstić information content (AvgIpc) is 3.19. The minimum Gasteiger partial charge on any atom is -0.480 e. The molecule has 0 saturated carbocycles. The quantitative estimate of drug-likeness (QED) is 0.402. The van der Waals surface area contributed by atoms with Crippen LogP contribution in [0.2, 0.25) is 0 Å². The van der Waals surface area contributed by atoms with Crippen molar-refractivity contribution in [2.45, 2.75) is 18.4 Å². The van der Waals surface area contributed by atoms with Crippen LogP contribution in [0.5, 0.6) is 0 Å². The summed E-state index contributed by atoms with van der Waals surface area (Å²) in [6.45, 7) is 8.43. The smallest absolute Gasteiger partial charge is 0.327 e. The maximum absolute atomic E-state index is 11.3. The van der Waals surface area contributed by atoms with Crippen molar-refractivity contribution in [1.29, 1.82) is 0 Å². The molecule has 108 valence electrons. The van der Waals surface area contributed by atoms with Crippen LogP contribution in [0.1, 0.15) is 12.8 Å². The first-order valence-corrected chi connectivity index (χ1v) is 7.27. The lowest BCUT2D eigenvalue weighted by molar-refractivity contribution is -0.147. The van der Waals surface area contributed by atoms with Gasteiger partial charge in [-0.25, -0.2) is 4.79 Å². The molecule has 1 fully saturated rings. The van der Waals surface area contributed by atoms with Crippen LogP contribution < -0.4 is 0 Å². The molecular formula is C13H21NO4S. The van der Waals surface area contributed by atoms with Crippen LogP contribution in [0.3, 0.4) is 0 Å². The SMILES string of the molecule is C=CC(=O)O.C=CC[C@](CCSC)(C(=O)O)N1CC1. The average molecular weight is 287 g/mol. The number of carboxylic acids is 2. The van der Waals surface area contributed by atoms with Gasteiger partial charge in [-0.1, -0.05) is 12.7 Å². The third-order valence-corrected chi connectivity index (χ3v) is 3.44. The Morgan fingerprint density at radius 3 is 2.16 bits per heavy atom. The molecule has 1 heterocycles. The van der Waals surface area contributed by atoms with Crippen molar-refractivity contribution < 1.29 is 19.8 Å². The first kappa shape index (κ1) is 17.7. The summed E-state index contributed by atoms with van der Waals surface area (Å²) in [6.07, 6.45) is 5.80. The zero-order valence-corrected chi connectivity index (χ0v) is 12.0. The molecule has 1 saturated heterocycles. The lowest BCUT2D eigenvalue weighted by Gasteiger charge is -2.29. The molecule has 0 spiro atoms. The maximum Gasteiger partial charge on any atom is 0.327 e. The highest BCUT2D eigenvalue weighted by Gasteiger charge is 2.47. The van der Waals surface area contributed by atoms with Crippen LogP contribution in [0, 0.1) is 0 Å². The van der Waals surface area contributed by atoms with E-state index in [0.29, 0.717) is 12.8 Å². The van der Waals surface area contributed by atoms with Gasteiger partial charge in [0.2, 0.25) is 0 Å². The Morgan fingerprint density at radius 1 is 1.37 bits per heavy atom. The van der Waals surface area contributed by atoms with Crippen molar-refractivity contribution in [1.82, 2.24) is 4.90 Å². The summed E-state index contributed by atoms with van der Waals surface area (Å²) in [5.41, 5.74) is -0.676. The molecule has 1 aliphatic heterocycles.